The topological polar surface area (TPSA) is 29.0 Å². The van der Waals surface area contributed by atoms with E-state index in [1.165, 1.54) is 12.8 Å². The predicted molar refractivity (Wildman–Crippen MR) is 71.8 cm³/mol. The molecule has 1 aliphatic rings. The molecule has 0 aliphatic heterocycles. The first-order chi connectivity index (χ1) is 8.08. The van der Waals surface area contributed by atoms with E-state index in [0.29, 0.717) is 6.04 Å². The Labute approximate surface area is 108 Å². The van der Waals surface area contributed by atoms with Crippen LogP contribution in [0.3, 0.4) is 0 Å². The molecule has 4 heteroatoms. The van der Waals surface area contributed by atoms with Gasteiger partial charge in [0.2, 0.25) is 5.95 Å². The zero-order chi connectivity index (χ0) is 12.4. The number of aryl methyl sites for hydroxylation is 2. The van der Waals surface area contributed by atoms with Crippen molar-refractivity contribution in [2.24, 2.45) is 0 Å². The molecule has 0 N–H and O–H groups in total. The first kappa shape index (κ1) is 12.6. The lowest BCUT2D eigenvalue weighted by Gasteiger charge is -2.35. The second-order valence-corrected chi connectivity index (χ2v) is 5.49. The zero-order valence-corrected chi connectivity index (χ0v) is 11.5. The van der Waals surface area contributed by atoms with E-state index in [-0.39, 0.29) is 5.38 Å². The molecule has 0 radical (unpaired) electrons. The van der Waals surface area contributed by atoms with Crippen molar-refractivity contribution in [1.82, 2.24) is 9.97 Å². The van der Waals surface area contributed by atoms with Gasteiger partial charge in [-0.25, -0.2) is 9.97 Å². The van der Waals surface area contributed by atoms with E-state index < -0.39 is 0 Å². The highest BCUT2D eigenvalue weighted by atomic mass is 35.5. The number of hydrogen-bond acceptors (Lipinski definition) is 3. The maximum atomic E-state index is 6.41. The molecule has 2 unspecified atom stereocenters. The number of nitrogens with zero attached hydrogens (tertiary/aromatic N) is 3. The third kappa shape index (κ3) is 2.89. The van der Waals surface area contributed by atoms with Crippen LogP contribution in [0.15, 0.2) is 6.07 Å². The molecule has 2 rings (SSSR count). The highest BCUT2D eigenvalue weighted by molar-refractivity contribution is 6.21. The summed E-state index contributed by atoms with van der Waals surface area (Å²) in [6.45, 7) is 4.01. The smallest absolute Gasteiger partial charge is 0.225 e. The van der Waals surface area contributed by atoms with Crippen LogP contribution in [0.2, 0.25) is 0 Å². The summed E-state index contributed by atoms with van der Waals surface area (Å²) in [6.07, 6.45) is 4.73. The lowest BCUT2D eigenvalue weighted by atomic mass is 9.94. The minimum Gasteiger partial charge on any atom is -0.339 e. The summed E-state index contributed by atoms with van der Waals surface area (Å²) in [5.74, 6) is 0.806. The van der Waals surface area contributed by atoms with Gasteiger partial charge in [-0.1, -0.05) is 12.8 Å². The Bertz CT molecular complexity index is 374. The highest BCUT2D eigenvalue weighted by Crippen LogP contribution is 2.28. The van der Waals surface area contributed by atoms with Crippen LogP contribution in [-0.2, 0) is 0 Å². The van der Waals surface area contributed by atoms with E-state index in [1.807, 2.05) is 19.9 Å². The molecule has 0 bridgehead atoms. The molecule has 3 nitrogen and oxygen atoms in total. The van der Waals surface area contributed by atoms with Crippen LogP contribution < -0.4 is 4.90 Å². The van der Waals surface area contributed by atoms with Gasteiger partial charge in [-0.15, -0.1) is 11.6 Å². The highest BCUT2D eigenvalue weighted by Gasteiger charge is 2.28. The third-order valence-electron chi connectivity index (χ3n) is 3.43. The molecule has 17 heavy (non-hydrogen) atoms. The van der Waals surface area contributed by atoms with Crippen molar-refractivity contribution in [2.75, 3.05) is 11.9 Å². The van der Waals surface area contributed by atoms with E-state index in [2.05, 4.69) is 21.9 Å². The molecular formula is C13H20ClN3. The van der Waals surface area contributed by atoms with Crippen molar-refractivity contribution in [1.29, 1.82) is 0 Å². The van der Waals surface area contributed by atoms with Gasteiger partial charge in [-0.2, -0.15) is 0 Å². The van der Waals surface area contributed by atoms with Crippen molar-refractivity contribution in [3.8, 4) is 0 Å². The van der Waals surface area contributed by atoms with Crippen molar-refractivity contribution >= 4 is 17.5 Å². The summed E-state index contributed by atoms with van der Waals surface area (Å²) < 4.78 is 0. The van der Waals surface area contributed by atoms with Gasteiger partial charge in [0.05, 0.1) is 5.38 Å². The molecule has 0 amide bonds. The predicted octanol–water partition coefficient (Wildman–Crippen LogP) is 3.08. The average Bonchev–Trinajstić information content (AvgIpc) is 2.27. The molecule has 0 saturated heterocycles. The van der Waals surface area contributed by atoms with Crippen molar-refractivity contribution in [2.45, 2.75) is 50.9 Å². The number of alkyl halides is 1. The molecule has 0 aromatic carbocycles. The monoisotopic (exact) mass is 253 g/mol. The Balaban J connectivity index is 2.20. The van der Waals surface area contributed by atoms with Gasteiger partial charge in [0, 0.05) is 24.5 Å². The van der Waals surface area contributed by atoms with Crippen LogP contribution in [0.4, 0.5) is 5.95 Å². The van der Waals surface area contributed by atoms with E-state index in [1.54, 1.807) is 0 Å². The SMILES string of the molecule is Cc1cc(C)nc(N(C)C2CCCCC2Cl)n1. The molecule has 2 atom stereocenters. The van der Waals surface area contributed by atoms with Crippen molar-refractivity contribution in [3.63, 3.8) is 0 Å². The molecule has 1 aromatic rings. The lowest BCUT2D eigenvalue weighted by molar-refractivity contribution is 0.430. The third-order valence-corrected chi connectivity index (χ3v) is 3.94. The molecule has 1 aliphatic carbocycles. The van der Waals surface area contributed by atoms with Gasteiger partial charge < -0.3 is 4.90 Å². The number of aromatic nitrogens is 2. The minimum absolute atomic E-state index is 0.221. The fourth-order valence-corrected chi connectivity index (χ4v) is 2.97. The molecule has 94 valence electrons. The Morgan fingerprint density at radius 3 is 2.35 bits per heavy atom. The number of anilines is 1. The summed E-state index contributed by atoms with van der Waals surface area (Å²) in [7, 11) is 2.06. The van der Waals surface area contributed by atoms with Crippen LogP contribution in [0, 0.1) is 13.8 Å². The quantitative estimate of drug-likeness (QED) is 0.759. The van der Waals surface area contributed by atoms with Gasteiger partial charge in [-0.05, 0) is 32.8 Å². The van der Waals surface area contributed by atoms with Gasteiger partial charge in [-0.3, -0.25) is 0 Å². The van der Waals surface area contributed by atoms with Crippen molar-refractivity contribution in [3.05, 3.63) is 17.5 Å². The largest absolute Gasteiger partial charge is 0.339 e. The molecule has 0 spiro atoms. The minimum atomic E-state index is 0.221. The van der Waals surface area contributed by atoms with E-state index in [9.17, 15) is 0 Å². The Morgan fingerprint density at radius 1 is 1.18 bits per heavy atom. The van der Waals surface area contributed by atoms with Crippen LogP contribution in [0.5, 0.6) is 0 Å². The lowest BCUT2D eigenvalue weighted by Crippen LogP contribution is -2.41. The molecule has 1 saturated carbocycles. The fourth-order valence-electron chi connectivity index (χ4n) is 2.52. The summed E-state index contributed by atoms with van der Waals surface area (Å²) in [6, 6.07) is 2.36. The van der Waals surface area contributed by atoms with E-state index >= 15 is 0 Å². The number of rotatable bonds is 2. The molecule has 1 fully saturated rings. The maximum Gasteiger partial charge on any atom is 0.225 e. The molecule has 1 heterocycles. The fraction of sp³-hybridized carbons (Fsp3) is 0.692. The molecular weight excluding hydrogens is 234 g/mol. The van der Waals surface area contributed by atoms with E-state index in [4.69, 9.17) is 11.6 Å². The Kier molecular flexibility index (Phi) is 3.87. The van der Waals surface area contributed by atoms with Gasteiger partial charge in [0.15, 0.2) is 0 Å². The number of halogens is 1. The maximum absolute atomic E-state index is 6.41. The second kappa shape index (κ2) is 5.21. The average molecular weight is 254 g/mol. The van der Waals surface area contributed by atoms with E-state index in [0.717, 1.165) is 30.2 Å². The first-order valence-electron chi connectivity index (χ1n) is 6.27. The second-order valence-electron chi connectivity index (χ2n) is 4.93. The van der Waals surface area contributed by atoms with Gasteiger partial charge in [0.1, 0.15) is 0 Å². The van der Waals surface area contributed by atoms with Crippen LogP contribution in [0.25, 0.3) is 0 Å². The Morgan fingerprint density at radius 2 is 1.76 bits per heavy atom. The summed E-state index contributed by atoms with van der Waals surface area (Å²) in [5, 5.41) is 0.221. The zero-order valence-electron chi connectivity index (χ0n) is 10.8. The Hall–Kier alpha value is -0.830. The summed E-state index contributed by atoms with van der Waals surface area (Å²) in [4.78, 5) is 11.1. The standard InChI is InChI=1S/C13H20ClN3/c1-9-8-10(2)16-13(15-9)17(3)12-7-5-4-6-11(12)14/h8,11-12H,4-7H2,1-3H3. The first-order valence-corrected chi connectivity index (χ1v) is 6.71. The van der Waals surface area contributed by atoms with Crippen molar-refractivity contribution < 1.29 is 0 Å². The number of hydrogen-bond donors (Lipinski definition) is 0. The van der Waals surface area contributed by atoms with Gasteiger partial charge in [0.25, 0.3) is 0 Å². The van der Waals surface area contributed by atoms with Crippen LogP contribution in [-0.4, -0.2) is 28.4 Å². The van der Waals surface area contributed by atoms with Crippen LogP contribution in [0.1, 0.15) is 37.1 Å². The molecule has 1 aromatic heterocycles. The van der Waals surface area contributed by atoms with Crippen LogP contribution >= 0.6 is 11.6 Å². The summed E-state index contributed by atoms with van der Waals surface area (Å²) in [5.41, 5.74) is 2.03. The normalized spacial score (nSPS) is 24.7. The summed E-state index contributed by atoms with van der Waals surface area (Å²) >= 11 is 6.41. The van der Waals surface area contributed by atoms with Gasteiger partial charge >= 0.3 is 0 Å².